The molecule has 4 rings (SSSR count). The molecule has 2 atom stereocenters. The number of rotatable bonds is 8. The van der Waals surface area contributed by atoms with Crippen molar-refractivity contribution in [2.24, 2.45) is 17.3 Å². The summed E-state index contributed by atoms with van der Waals surface area (Å²) in [5, 5.41) is 0. The molecule has 142 valence electrons. The number of ether oxygens (including phenoxy) is 4. The Kier molecular flexibility index (Phi) is 5.61. The zero-order valence-corrected chi connectivity index (χ0v) is 15.8. The van der Waals surface area contributed by atoms with Crippen molar-refractivity contribution in [2.75, 3.05) is 26.4 Å². The second kappa shape index (κ2) is 7.75. The van der Waals surface area contributed by atoms with Crippen LogP contribution in [0.5, 0.6) is 0 Å². The molecule has 2 unspecified atom stereocenters. The highest BCUT2D eigenvalue weighted by Gasteiger charge is 2.46. The molecule has 0 radical (unpaired) electrons. The molecular formula is C21H35O4+. The molecule has 4 nitrogen and oxygen atoms in total. The van der Waals surface area contributed by atoms with Crippen molar-refractivity contribution in [3.63, 3.8) is 0 Å². The fraction of sp³-hybridized carbons (Fsp3) is 0.952. The Labute approximate surface area is 152 Å². The molecule has 2 heterocycles. The van der Waals surface area contributed by atoms with E-state index in [1.54, 1.807) is 0 Å². The first-order valence-corrected chi connectivity index (χ1v) is 10.4. The molecule has 4 aliphatic rings. The summed E-state index contributed by atoms with van der Waals surface area (Å²) in [5.41, 5.74) is 0.204. The number of hydrogen-bond acceptors (Lipinski definition) is 4. The zero-order valence-electron chi connectivity index (χ0n) is 15.8. The van der Waals surface area contributed by atoms with Gasteiger partial charge in [-0.2, -0.15) is 0 Å². The lowest BCUT2D eigenvalue weighted by Gasteiger charge is -2.42. The van der Waals surface area contributed by atoms with E-state index in [2.05, 4.69) is 6.92 Å². The van der Waals surface area contributed by atoms with E-state index in [-0.39, 0.29) is 5.41 Å². The largest absolute Gasteiger partial charge is 0.375 e. The molecular weight excluding hydrogens is 316 g/mol. The van der Waals surface area contributed by atoms with Crippen LogP contribution < -0.4 is 0 Å². The summed E-state index contributed by atoms with van der Waals surface area (Å²) in [5.74, 6) is 1.48. The molecule has 0 bridgehead atoms. The van der Waals surface area contributed by atoms with Gasteiger partial charge in [0.2, 0.25) is 0 Å². The highest BCUT2D eigenvalue weighted by Crippen LogP contribution is 2.48. The molecule has 25 heavy (non-hydrogen) atoms. The second-order valence-electron chi connectivity index (χ2n) is 9.03. The summed E-state index contributed by atoms with van der Waals surface area (Å²) in [6.07, 6.45) is 11.5. The van der Waals surface area contributed by atoms with E-state index in [0.29, 0.717) is 24.4 Å². The van der Waals surface area contributed by atoms with Crippen LogP contribution in [0.3, 0.4) is 0 Å². The third kappa shape index (κ3) is 4.91. The van der Waals surface area contributed by atoms with Crippen LogP contribution in [-0.4, -0.2) is 50.8 Å². The summed E-state index contributed by atoms with van der Waals surface area (Å²) in [6, 6.07) is 0. The quantitative estimate of drug-likeness (QED) is 0.493. The predicted molar refractivity (Wildman–Crippen MR) is 96.3 cm³/mol. The van der Waals surface area contributed by atoms with Gasteiger partial charge in [0.1, 0.15) is 17.6 Å². The molecule has 0 aromatic heterocycles. The van der Waals surface area contributed by atoms with Gasteiger partial charge in [-0.05, 0) is 58.3 Å². The van der Waals surface area contributed by atoms with E-state index >= 15 is 0 Å². The lowest BCUT2D eigenvalue weighted by molar-refractivity contribution is -0.0309. The molecule has 2 saturated carbocycles. The van der Waals surface area contributed by atoms with Crippen molar-refractivity contribution in [1.29, 1.82) is 0 Å². The summed E-state index contributed by atoms with van der Waals surface area (Å²) < 4.78 is 22.5. The van der Waals surface area contributed by atoms with E-state index in [9.17, 15) is 0 Å². The Bertz CT molecular complexity index is 376. The summed E-state index contributed by atoms with van der Waals surface area (Å²) in [4.78, 5) is 0. The van der Waals surface area contributed by atoms with Crippen molar-refractivity contribution in [1.82, 2.24) is 0 Å². The second-order valence-corrected chi connectivity index (χ2v) is 9.03. The topological polar surface area (TPSA) is 43.5 Å². The highest BCUT2D eigenvalue weighted by atomic mass is 16.6. The van der Waals surface area contributed by atoms with Crippen molar-refractivity contribution in [3.8, 4) is 0 Å². The standard InChI is InChI=1S/C21H35O4/c1-21(2,15-3-7-17(8-4-15)22-11-19-13-24-19)16-5-9-18(10-6-16)23-12-20-14-25-20/h15-20H,1,3-14H2,2H3/q+1. The van der Waals surface area contributed by atoms with Gasteiger partial charge in [-0.1, -0.05) is 0 Å². The van der Waals surface area contributed by atoms with Gasteiger partial charge in [-0.3, -0.25) is 0 Å². The fourth-order valence-electron chi connectivity index (χ4n) is 4.93. The Morgan fingerprint density at radius 2 is 1.12 bits per heavy atom. The van der Waals surface area contributed by atoms with Gasteiger partial charge in [0.25, 0.3) is 0 Å². The van der Waals surface area contributed by atoms with Gasteiger partial charge in [-0.25, -0.2) is 0 Å². The monoisotopic (exact) mass is 351 g/mol. The van der Waals surface area contributed by atoms with E-state index < -0.39 is 0 Å². The third-order valence-corrected chi connectivity index (χ3v) is 7.05. The van der Waals surface area contributed by atoms with Gasteiger partial charge in [0.05, 0.1) is 45.6 Å². The molecule has 0 spiro atoms. The van der Waals surface area contributed by atoms with Crippen molar-refractivity contribution >= 4 is 0 Å². The average molecular weight is 352 g/mol. The first-order chi connectivity index (χ1) is 12.1. The predicted octanol–water partition coefficient (Wildman–Crippen LogP) is 3.78. The maximum absolute atomic E-state index is 6.01. The average Bonchev–Trinajstić information content (AvgIpc) is 3.54. The minimum atomic E-state index is 0.204. The molecule has 2 saturated heterocycles. The maximum atomic E-state index is 6.01. The molecule has 0 aromatic carbocycles. The SMILES string of the molecule is [CH2+]C(C)(C1CCC(OCC2CO2)CC1)C1CCC(OCC2CO2)CC1. The van der Waals surface area contributed by atoms with E-state index in [1.807, 2.05) is 0 Å². The first kappa shape index (κ1) is 18.1. The summed E-state index contributed by atoms with van der Waals surface area (Å²) >= 11 is 0. The molecule has 0 amide bonds. The van der Waals surface area contributed by atoms with Gasteiger partial charge in [-0.15, -0.1) is 0 Å². The molecule has 0 aromatic rings. The zero-order chi connectivity index (χ0) is 17.3. The number of epoxide rings is 2. The van der Waals surface area contributed by atoms with E-state index in [1.165, 1.54) is 51.4 Å². The number of hydrogen-bond donors (Lipinski definition) is 0. The minimum absolute atomic E-state index is 0.204. The van der Waals surface area contributed by atoms with Crippen LogP contribution in [-0.2, 0) is 18.9 Å². The van der Waals surface area contributed by atoms with Crippen LogP contribution in [0, 0.1) is 24.2 Å². The minimum Gasteiger partial charge on any atom is -0.375 e. The Balaban J connectivity index is 1.18. The van der Waals surface area contributed by atoms with Gasteiger partial charge < -0.3 is 18.9 Å². The van der Waals surface area contributed by atoms with Crippen molar-refractivity contribution < 1.29 is 18.9 Å². The molecule has 4 heteroatoms. The fourth-order valence-corrected chi connectivity index (χ4v) is 4.93. The lowest BCUT2D eigenvalue weighted by atomic mass is 9.60. The molecule has 0 N–H and O–H groups in total. The van der Waals surface area contributed by atoms with Crippen LogP contribution in [0.25, 0.3) is 0 Å². The normalized spacial score (nSPS) is 43.4. The van der Waals surface area contributed by atoms with Gasteiger partial charge >= 0.3 is 0 Å². The Hall–Kier alpha value is -0.290. The Morgan fingerprint density at radius 3 is 1.44 bits per heavy atom. The Morgan fingerprint density at radius 1 is 0.760 bits per heavy atom. The van der Waals surface area contributed by atoms with Crippen LogP contribution in [0.15, 0.2) is 0 Å². The van der Waals surface area contributed by atoms with Crippen LogP contribution >= 0.6 is 0 Å². The van der Waals surface area contributed by atoms with Crippen molar-refractivity contribution in [2.45, 2.75) is 82.7 Å². The lowest BCUT2D eigenvalue weighted by Crippen LogP contribution is -2.39. The highest BCUT2D eigenvalue weighted by molar-refractivity contribution is 4.95. The van der Waals surface area contributed by atoms with Crippen LogP contribution in [0.4, 0.5) is 0 Å². The smallest absolute Gasteiger partial charge is 0.108 e. The van der Waals surface area contributed by atoms with Crippen LogP contribution in [0.2, 0.25) is 0 Å². The molecule has 4 fully saturated rings. The van der Waals surface area contributed by atoms with Gasteiger partial charge in [0, 0.05) is 11.8 Å². The van der Waals surface area contributed by atoms with E-state index in [0.717, 1.165) is 38.3 Å². The third-order valence-electron chi connectivity index (χ3n) is 7.05. The van der Waals surface area contributed by atoms with E-state index in [4.69, 9.17) is 25.9 Å². The summed E-state index contributed by atoms with van der Waals surface area (Å²) in [7, 11) is 0. The van der Waals surface area contributed by atoms with Crippen molar-refractivity contribution in [3.05, 3.63) is 6.92 Å². The van der Waals surface area contributed by atoms with Gasteiger partial charge in [0.15, 0.2) is 0 Å². The van der Waals surface area contributed by atoms with Crippen LogP contribution in [0.1, 0.15) is 58.3 Å². The first-order valence-electron chi connectivity index (χ1n) is 10.4. The molecule has 2 aliphatic carbocycles. The summed E-state index contributed by atoms with van der Waals surface area (Å²) in [6.45, 7) is 10.5. The molecule has 2 aliphatic heterocycles. The maximum Gasteiger partial charge on any atom is 0.108 e.